The molecular formula is C17H14F3N3O5S. The summed E-state index contributed by atoms with van der Waals surface area (Å²) in [6.45, 7) is 0. The summed E-state index contributed by atoms with van der Waals surface area (Å²) in [7, 11) is -3.45. The Bertz CT molecular complexity index is 1040. The van der Waals surface area contributed by atoms with Crippen molar-refractivity contribution in [1.82, 2.24) is 10.0 Å². The van der Waals surface area contributed by atoms with Crippen LogP contribution in [0.2, 0.25) is 0 Å². The van der Waals surface area contributed by atoms with Gasteiger partial charge in [-0.3, -0.25) is 4.79 Å². The number of halogens is 3. The molecule has 1 aliphatic heterocycles. The molecule has 29 heavy (non-hydrogen) atoms. The molecule has 3 amide bonds. The third kappa shape index (κ3) is 3.51. The molecular weight excluding hydrogens is 415 g/mol. The number of urea groups is 1. The minimum Gasteiger partial charge on any atom is -0.497 e. The van der Waals surface area contributed by atoms with Crippen molar-refractivity contribution in [2.75, 3.05) is 12.0 Å². The van der Waals surface area contributed by atoms with Crippen LogP contribution in [0.15, 0.2) is 59.5 Å². The van der Waals surface area contributed by atoms with E-state index in [0.29, 0.717) is 5.75 Å². The molecule has 12 heteroatoms. The molecule has 2 aromatic carbocycles. The maximum Gasteiger partial charge on any atom is 0.435 e. The van der Waals surface area contributed by atoms with Crippen LogP contribution in [0.3, 0.4) is 0 Å². The van der Waals surface area contributed by atoms with Gasteiger partial charge in [0.15, 0.2) is 0 Å². The quantitative estimate of drug-likeness (QED) is 0.708. The molecule has 1 heterocycles. The van der Waals surface area contributed by atoms with Gasteiger partial charge in [0.1, 0.15) is 5.75 Å². The fourth-order valence-corrected chi connectivity index (χ4v) is 3.97. The van der Waals surface area contributed by atoms with E-state index in [0.717, 1.165) is 12.1 Å². The van der Waals surface area contributed by atoms with Crippen LogP contribution in [0.5, 0.6) is 5.75 Å². The summed E-state index contributed by atoms with van der Waals surface area (Å²) in [6, 6.07) is 9.77. The van der Waals surface area contributed by atoms with E-state index >= 15 is 0 Å². The number of sulfonamides is 1. The monoisotopic (exact) mass is 429 g/mol. The van der Waals surface area contributed by atoms with Crippen molar-refractivity contribution < 1.29 is 35.9 Å². The molecule has 2 N–H and O–H groups in total. The van der Waals surface area contributed by atoms with Crippen molar-refractivity contribution in [2.45, 2.75) is 16.7 Å². The Morgan fingerprint density at radius 3 is 2.14 bits per heavy atom. The average Bonchev–Trinajstić information content (AvgIpc) is 2.92. The van der Waals surface area contributed by atoms with E-state index in [1.54, 1.807) is 0 Å². The Kier molecular flexibility index (Phi) is 5.01. The number of nitrogens with one attached hydrogen (secondary N) is 2. The van der Waals surface area contributed by atoms with E-state index < -0.39 is 38.7 Å². The molecule has 8 nitrogen and oxygen atoms in total. The summed E-state index contributed by atoms with van der Waals surface area (Å²) < 4.78 is 72.8. The number of imide groups is 1. The molecule has 0 unspecified atom stereocenters. The zero-order valence-corrected chi connectivity index (χ0v) is 15.5. The van der Waals surface area contributed by atoms with Gasteiger partial charge >= 0.3 is 12.2 Å². The maximum absolute atomic E-state index is 13.9. The van der Waals surface area contributed by atoms with E-state index in [9.17, 15) is 31.2 Å². The molecule has 0 aromatic heterocycles. The van der Waals surface area contributed by atoms with Gasteiger partial charge < -0.3 is 10.1 Å². The lowest BCUT2D eigenvalue weighted by molar-refractivity contribution is -0.194. The van der Waals surface area contributed by atoms with Crippen LogP contribution >= 0.6 is 0 Å². The Balaban J connectivity index is 2.05. The number of anilines is 1. The van der Waals surface area contributed by atoms with Crippen LogP contribution in [-0.2, 0) is 14.8 Å². The first-order valence-electron chi connectivity index (χ1n) is 7.98. The van der Waals surface area contributed by atoms with Gasteiger partial charge in [-0.15, -0.1) is 0 Å². The van der Waals surface area contributed by atoms with Gasteiger partial charge in [0.2, 0.25) is 10.0 Å². The highest BCUT2D eigenvalue weighted by molar-refractivity contribution is 7.89. The van der Waals surface area contributed by atoms with Crippen molar-refractivity contribution >= 4 is 27.6 Å². The topological polar surface area (TPSA) is 105 Å². The van der Waals surface area contributed by atoms with Crippen LogP contribution in [0.4, 0.5) is 23.7 Å². The molecule has 0 radical (unpaired) electrons. The van der Waals surface area contributed by atoms with E-state index in [1.807, 2.05) is 0 Å². The summed E-state index contributed by atoms with van der Waals surface area (Å²) in [4.78, 5) is 24.7. The van der Waals surface area contributed by atoms with Crippen LogP contribution in [0, 0.1) is 0 Å². The number of alkyl halides is 3. The molecule has 0 bridgehead atoms. The first kappa shape index (κ1) is 20.6. The van der Waals surface area contributed by atoms with Crippen LogP contribution in [0.25, 0.3) is 0 Å². The number of methoxy groups -OCH3 is 1. The highest BCUT2D eigenvalue weighted by Gasteiger charge is 2.69. The second kappa shape index (κ2) is 7.04. The normalized spacial score (nSPS) is 19.9. The number of carbonyl (C=O) groups excluding carboxylic acids is 2. The molecule has 3 rings (SSSR count). The van der Waals surface area contributed by atoms with Gasteiger partial charge in [-0.05, 0) is 36.4 Å². The van der Waals surface area contributed by atoms with Crippen molar-refractivity contribution in [2.24, 2.45) is 0 Å². The lowest BCUT2D eigenvalue weighted by Crippen LogP contribution is -2.69. The third-order valence-electron chi connectivity index (χ3n) is 4.12. The van der Waals surface area contributed by atoms with Crippen molar-refractivity contribution in [3.8, 4) is 5.75 Å². The summed E-state index contributed by atoms with van der Waals surface area (Å²) >= 11 is 0. The highest BCUT2D eigenvalue weighted by Crippen LogP contribution is 2.37. The Morgan fingerprint density at radius 1 is 1.03 bits per heavy atom. The molecule has 0 aliphatic carbocycles. The van der Waals surface area contributed by atoms with Crippen LogP contribution < -0.4 is 19.7 Å². The Labute approximate surface area is 163 Å². The predicted molar refractivity (Wildman–Crippen MR) is 94.6 cm³/mol. The second-order valence-electron chi connectivity index (χ2n) is 5.94. The summed E-state index contributed by atoms with van der Waals surface area (Å²) in [5, 5.41) is 1.45. The minimum atomic E-state index is -5.47. The van der Waals surface area contributed by atoms with Crippen LogP contribution in [-0.4, -0.2) is 39.3 Å². The van der Waals surface area contributed by atoms with E-state index in [1.165, 1.54) is 59.6 Å². The lowest BCUT2D eigenvalue weighted by atomic mass is 10.1. The van der Waals surface area contributed by atoms with Crippen molar-refractivity contribution in [1.29, 1.82) is 0 Å². The number of ether oxygens (including phenoxy) is 1. The number of benzene rings is 2. The van der Waals surface area contributed by atoms with Gasteiger partial charge in [-0.2, -0.15) is 17.9 Å². The molecule has 1 atom stereocenters. The predicted octanol–water partition coefficient (Wildman–Crippen LogP) is 1.99. The number of nitrogens with zero attached hydrogens (tertiary/aromatic N) is 1. The van der Waals surface area contributed by atoms with Crippen molar-refractivity contribution in [3.63, 3.8) is 0 Å². The molecule has 1 fully saturated rings. The SMILES string of the molecule is COc1ccc(N2C(=O)N[C@](NS(=O)(=O)c3ccccc3)(C(F)(F)F)C2=O)cc1. The molecule has 0 spiro atoms. The van der Waals surface area contributed by atoms with E-state index in [4.69, 9.17) is 4.74 Å². The number of rotatable bonds is 5. The molecule has 2 aromatic rings. The Hall–Kier alpha value is -3.12. The fraction of sp³-hybridized carbons (Fsp3) is 0.176. The Morgan fingerprint density at radius 2 is 1.62 bits per heavy atom. The first-order chi connectivity index (χ1) is 13.5. The summed E-state index contributed by atoms with van der Waals surface area (Å²) in [5.41, 5.74) is -4.06. The number of carbonyl (C=O) groups is 2. The second-order valence-corrected chi connectivity index (χ2v) is 7.62. The zero-order chi connectivity index (χ0) is 21.4. The van der Waals surface area contributed by atoms with Crippen molar-refractivity contribution in [3.05, 3.63) is 54.6 Å². The maximum atomic E-state index is 13.9. The van der Waals surface area contributed by atoms with Gasteiger partial charge in [-0.1, -0.05) is 18.2 Å². The molecule has 1 saturated heterocycles. The molecule has 1 aliphatic rings. The first-order valence-corrected chi connectivity index (χ1v) is 9.47. The number of amides is 3. The van der Waals surface area contributed by atoms with Gasteiger partial charge in [0.25, 0.3) is 11.6 Å². The van der Waals surface area contributed by atoms with E-state index in [2.05, 4.69) is 0 Å². The van der Waals surface area contributed by atoms with Gasteiger partial charge in [0.05, 0.1) is 17.7 Å². The number of hydrogen-bond donors (Lipinski definition) is 2. The summed E-state index contributed by atoms with van der Waals surface area (Å²) in [6.07, 6.45) is -5.47. The van der Waals surface area contributed by atoms with E-state index in [-0.39, 0.29) is 10.6 Å². The third-order valence-corrected chi connectivity index (χ3v) is 5.59. The zero-order valence-electron chi connectivity index (χ0n) is 14.7. The highest BCUT2D eigenvalue weighted by atomic mass is 32.2. The minimum absolute atomic E-state index is 0.196. The fourth-order valence-electron chi connectivity index (χ4n) is 2.67. The standard InChI is InChI=1S/C17H14F3N3O5S/c1-28-12-9-7-11(8-10-12)23-14(24)16(17(18,19)20,21-15(23)25)22-29(26,27)13-5-3-2-4-6-13/h2-10,22H,1H3,(H,21,25)/t16-/m1/s1. The smallest absolute Gasteiger partial charge is 0.435 e. The van der Waals surface area contributed by atoms with Gasteiger partial charge in [0, 0.05) is 0 Å². The number of hydrogen-bond acceptors (Lipinski definition) is 5. The van der Waals surface area contributed by atoms with Crippen LogP contribution in [0.1, 0.15) is 0 Å². The largest absolute Gasteiger partial charge is 0.497 e. The average molecular weight is 429 g/mol. The lowest BCUT2D eigenvalue weighted by Gasteiger charge is -2.29. The van der Waals surface area contributed by atoms with Gasteiger partial charge in [-0.25, -0.2) is 18.1 Å². The summed E-state index contributed by atoms with van der Waals surface area (Å²) in [5.74, 6) is -1.49. The molecule has 154 valence electrons. The molecule has 0 saturated carbocycles.